The van der Waals surface area contributed by atoms with Crippen molar-refractivity contribution in [2.75, 3.05) is 20.1 Å². The highest BCUT2D eigenvalue weighted by Gasteiger charge is 2.40. The van der Waals surface area contributed by atoms with Crippen LogP contribution in [0.5, 0.6) is 0 Å². The lowest BCUT2D eigenvalue weighted by Gasteiger charge is -2.40. The lowest BCUT2D eigenvalue weighted by molar-refractivity contribution is -0.145. The Morgan fingerprint density at radius 1 is 1.29 bits per heavy atom. The number of urea groups is 1. The third-order valence-electron chi connectivity index (χ3n) is 4.82. The van der Waals surface area contributed by atoms with Crippen LogP contribution < -0.4 is 0 Å². The van der Waals surface area contributed by atoms with Crippen molar-refractivity contribution in [1.29, 1.82) is 0 Å². The van der Waals surface area contributed by atoms with Gasteiger partial charge in [0.1, 0.15) is 6.04 Å². The van der Waals surface area contributed by atoms with Crippen LogP contribution in [0.1, 0.15) is 45.4 Å². The number of aliphatic carboxylic acids is 1. The van der Waals surface area contributed by atoms with E-state index < -0.39 is 17.6 Å². The first-order chi connectivity index (χ1) is 9.84. The zero-order chi connectivity index (χ0) is 15.6. The zero-order valence-corrected chi connectivity index (χ0v) is 12.9. The van der Waals surface area contributed by atoms with Crippen LogP contribution in [0.25, 0.3) is 0 Å². The first-order valence-corrected chi connectivity index (χ1v) is 7.81. The largest absolute Gasteiger partial charge is 0.480 e. The highest BCUT2D eigenvalue weighted by atomic mass is 16.4. The van der Waals surface area contributed by atoms with Gasteiger partial charge in [-0.1, -0.05) is 19.8 Å². The second-order valence-corrected chi connectivity index (χ2v) is 6.67. The average Bonchev–Trinajstić information content (AvgIpc) is 2.83. The predicted molar refractivity (Wildman–Crippen MR) is 78.0 cm³/mol. The summed E-state index contributed by atoms with van der Waals surface area (Å²) in [6.45, 7) is 2.63. The van der Waals surface area contributed by atoms with E-state index in [0.29, 0.717) is 19.4 Å². The number of aliphatic hydroxyl groups is 1. The summed E-state index contributed by atoms with van der Waals surface area (Å²) in [5, 5.41) is 19.8. The fourth-order valence-corrected chi connectivity index (χ4v) is 3.70. The molecule has 2 atom stereocenters. The Hall–Kier alpha value is -1.30. The van der Waals surface area contributed by atoms with E-state index in [-0.39, 0.29) is 18.5 Å². The molecule has 2 aliphatic rings. The molecule has 1 saturated carbocycles. The molecule has 2 rings (SSSR count). The molecule has 0 aromatic rings. The van der Waals surface area contributed by atoms with Crippen LogP contribution in [0.15, 0.2) is 0 Å². The molecule has 21 heavy (non-hydrogen) atoms. The Morgan fingerprint density at radius 3 is 2.48 bits per heavy atom. The summed E-state index contributed by atoms with van der Waals surface area (Å²) < 4.78 is 0. The lowest BCUT2D eigenvalue weighted by Crippen LogP contribution is -2.57. The second kappa shape index (κ2) is 6.22. The molecule has 6 nitrogen and oxygen atoms in total. The normalized spacial score (nSPS) is 28.4. The number of carboxylic acids is 1. The van der Waals surface area contributed by atoms with E-state index in [1.807, 2.05) is 6.92 Å². The molecule has 120 valence electrons. The molecule has 2 fully saturated rings. The van der Waals surface area contributed by atoms with Crippen LogP contribution in [0.2, 0.25) is 0 Å². The van der Waals surface area contributed by atoms with E-state index in [1.165, 1.54) is 9.80 Å². The molecule has 1 aliphatic heterocycles. The van der Waals surface area contributed by atoms with Crippen molar-refractivity contribution < 1.29 is 19.8 Å². The Labute approximate surface area is 125 Å². The number of hydrogen-bond donors (Lipinski definition) is 2. The van der Waals surface area contributed by atoms with Gasteiger partial charge in [0.2, 0.25) is 0 Å². The summed E-state index contributed by atoms with van der Waals surface area (Å²) in [7, 11) is 1.65. The fraction of sp³-hybridized carbons (Fsp3) is 0.867. The summed E-state index contributed by atoms with van der Waals surface area (Å²) in [5.74, 6) is -0.980. The Balaban J connectivity index is 2.04. The third-order valence-corrected chi connectivity index (χ3v) is 4.82. The van der Waals surface area contributed by atoms with Gasteiger partial charge in [-0.15, -0.1) is 0 Å². The van der Waals surface area contributed by atoms with Crippen LogP contribution in [0.3, 0.4) is 0 Å². The highest BCUT2D eigenvalue weighted by Crippen LogP contribution is 2.31. The second-order valence-electron chi connectivity index (χ2n) is 6.67. The van der Waals surface area contributed by atoms with Gasteiger partial charge in [0.05, 0.1) is 12.1 Å². The number of carbonyl (C=O) groups excluding carboxylic acids is 1. The standard InChI is InChI=1S/C15H26N2O4/c1-11-6-5-9-17(12(11)13(18)19)14(20)16(2)10-15(21)7-3-4-8-15/h11-12,21H,3-10H2,1-2H3,(H,18,19). The molecular weight excluding hydrogens is 272 g/mol. The van der Waals surface area contributed by atoms with Gasteiger partial charge >= 0.3 is 12.0 Å². The average molecular weight is 298 g/mol. The Bertz CT molecular complexity index is 406. The third kappa shape index (κ3) is 3.48. The van der Waals surface area contributed by atoms with Crippen molar-refractivity contribution in [2.45, 2.75) is 57.1 Å². The number of likely N-dealkylation sites (tertiary alicyclic amines) is 1. The van der Waals surface area contributed by atoms with Crippen LogP contribution in [-0.2, 0) is 4.79 Å². The molecule has 2 amide bonds. The number of piperidine rings is 1. The first-order valence-electron chi connectivity index (χ1n) is 7.81. The van der Waals surface area contributed by atoms with E-state index >= 15 is 0 Å². The van der Waals surface area contributed by atoms with Crippen molar-refractivity contribution in [2.24, 2.45) is 5.92 Å². The molecule has 6 heteroatoms. The minimum absolute atomic E-state index is 0.0387. The van der Waals surface area contributed by atoms with Gasteiger partial charge < -0.3 is 20.0 Å². The molecule has 0 radical (unpaired) electrons. The van der Waals surface area contributed by atoms with Gasteiger partial charge in [-0.05, 0) is 31.6 Å². The maximum Gasteiger partial charge on any atom is 0.326 e. The molecule has 0 spiro atoms. The van der Waals surface area contributed by atoms with Crippen molar-refractivity contribution in [1.82, 2.24) is 9.80 Å². The number of carboxylic acid groups (broad SMARTS) is 1. The summed E-state index contributed by atoms with van der Waals surface area (Å²) >= 11 is 0. The topological polar surface area (TPSA) is 81.1 Å². The maximum absolute atomic E-state index is 12.6. The van der Waals surface area contributed by atoms with E-state index in [1.54, 1.807) is 7.05 Å². The lowest BCUT2D eigenvalue weighted by atomic mass is 9.91. The SMILES string of the molecule is CC1CCCN(C(=O)N(C)CC2(O)CCCC2)C1C(=O)O. The van der Waals surface area contributed by atoms with Crippen molar-refractivity contribution in [3.8, 4) is 0 Å². The number of carbonyl (C=O) groups is 2. The highest BCUT2D eigenvalue weighted by molar-refractivity contribution is 5.83. The molecule has 2 unspecified atom stereocenters. The van der Waals surface area contributed by atoms with Crippen LogP contribution in [-0.4, -0.2) is 63.8 Å². The fourth-order valence-electron chi connectivity index (χ4n) is 3.70. The molecule has 1 aliphatic carbocycles. The van der Waals surface area contributed by atoms with Crippen LogP contribution in [0, 0.1) is 5.92 Å². The van der Waals surface area contributed by atoms with Crippen LogP contribution in [0.4, 0.5) is 4.79 Å². The van der Waals surface area contributed by atoms with Crippen molar-refractivity contribution in [3.05, 3.63) is 0 Å². The maximum atomic E-state index is 12.6. The zero-order valence-electron chi connectivity index (χ0n) is 12.9. The minimum Gasteiger partial charge on any atom is -0.480 e. The van der Waals surface area contributed by atoms with Gasteiger partial charge in [-0.25, -0.2) is 9.59 Å². The van der Waals surface area contributed by atoms with Gasteiger partial charge in [0.15, 0.2) is 0 Å². The number of nitrogens with zero attached hydrogens (tertiary/aromatic N) is 2. The van der Waals surface area contributed by atoms with Gasteiger partial charge in [-0.2, -0.15) is 0 Å². The number of amides is 2. The quantitative estimate of drug-likeness (QED) is 0.828. The molecule has 1 saturated heterocycles. The summed E-state index contributed by atoms with van der Waals surface area (Å²) in [5.41, 5.74) is -0.801. The van der Waals surface area contributed by atoms with Crippen molar-refractivity contribution in [3.63, 3.8) is 0 Å². The Morgan fingerprint density at radius 2 is 1.90 bits per heavy atom. The molecule has 0 aromatic heterocycles. The van der Waals surface area contributed by atoms with E-state index in [9.17, 15) is 19.8 Å². The summed E-state index contributed by atoms with van der Waals surface area (Å²) in [4.78, 5) is 27.0. The smallest absolute Gasteiger partial charge is 0.326 e. The van der Waals surface area contributed by atoms with Gasteiger partial charge in [-0.3, -0.25) is 0 Å². The van der Waals surface area contributed by atoms with E-state index in [2.05, 4.69) is 0 Å². The van der Waals surface area contributed by atoms with E-state index in [0.717, 1.165) is 25.7 Å². The molecule has 2 N–H and O–H groups in total. The first kappa shape index (κ1) is 16.1. The Kier molecular flexibility index (Phi) is 4.76. The van der Waals surface area contributed by atoms with Gasteiger partial charge in [0, 0.05) is 13.6 Å². The molecular formula is C15H26N2O4. The summed E-state index contributed by atoms with van der Waals surface area (Å²) in [6, 6.07) is -1.04. The molecule has 0 bridgehead atoms. The van der Waals surface area contributed by atoms with Gasteiger partial charge in [0.25, 0.3) is 0 Å². The molecule has 0 aromatic carbocycles. The number of hydrogen-bond acceptors (Lipinski definition) is 3. The van der Waals surface area contributed by atoms with E-state index in [4.69, 9.17) is 0 Å². The monoisotopic (exact) mass is 298 g/mol. The van der Waals surface area contributed by atoms with Crippen LogP contribution >= 0.6 is 0 Å². The number of rotatable bonds is 3. The summed E-state index contributed by atoms with van der Waals surface area (Å²) in [6.07, 6.45) is 5.05. The van der Waals surface area contributed by atoms with Crippen molar-refractivity contribution >= 4 is 12.0 Å². The predicted octanol–water partition coefficient (Wildman–Crippen LogP) is 1.53. The number of likely N-dealkylation sites (N-methyl/N-ethyl adjacent to an activating group) is 1. The minimum atomic E-state index is -0.941. The molecule has 1 heterocycles.